The lowest BCUT2D eigenvalue weighted by Crippen LogP contribution is -1.88. The highest BCUT2D eigenvalue weighted by Gasteiger charge is 2.01. The number of hydrogen-bond acceptors (Lipinski definition) is 2. The first-order chi connectivity index (χ1) is 5.24. The molecule has 0 amide bonds. The van der Waals surface area contributed by atoms with Crippen LogP contribution in [0.3, 0.4) is 0 Å². The molecule has 0 aliphatic rings. The minimum absolute atomic E-state index is 0.161. The van der Waals surface area contributed by atoms with E-state index in [0.29, 0.717) is 5.88 Å². The third kappa shape index (κ3) is 2.45. The van der Waals surface area contributed by atoms with E-state index < -0.39 is 0 Å². The molecule has 0 unspecified atom stereocenters. The van der Waals surface area contributed by atoms with Crippen LogP contribution < -0.4 is 4.74 Å². The topological polar surface area (TPSA) is 22.1 Å². The quantitative estimate of drug-likeness (QED) is 0.777. The van der Waals surface area contributed by atoms with Crippen molar-refractivity contribution in [1.82, 2.24) is 4.98 Å². The summed E-state index contributed by atoms with van der Waals surface area (Å²) in [4.78, 5) is 4.04. The van der Waals surface area contributed by atoms with E-state index in [4.69, 9.17) is 4.74 Å². The van der Waals surface area contributed by atoms with Gasteiger partial charge in [-0.2, -0.15) is 0 Å². The Kier molecular flexibility index (Phi) is 3.33. The molecule has 1 heterocycles. The number of nitrogens with zero attached hydrogens (tertiary/aromatic N) is 1. The van der Waals surface area contributed by atoms with Gasteiger partial charge in [-0.15, -0.1) is 0 Å². The van der Waals surface area contributed by atoms with Gasteiger partial charge in [0.05, 0.1) is 10.8 Å². The van der Waals surface area contributed by atoms with E-state index >= 15 is 0 Å². The van der Waals surface area contributed by atoms with E-state index in [-0.39, 0.29) is 3.74 Å². The van der Waals surface area contributed by atoms with Gasteiger partial charge in [0.1, 0.15) is 0 Å². The Morgan fingerprint density at radius 3 is 2.55 bits per heavy atom. The second kappa shape index (κ2) is 4.07. The molecule has 11 heavy (non-hydrogen) atoms. The van der Waals surface area contributed by atoms with Crippen LogP contribution in [0.1, 0.15) is 9.30 Å². The Labute approximate surface area is 82.2 Å². The summed E-state index contributed by atoms with van der Waals surface area (Å²) in [6.45, 7) is 0. The first kappa shape index (κ1) is 9.00. The predicted octanol–water partition coefficient (Wildman–Crippen LogP) is 2.88. The minimum Gasteiger partial charge on any atom is -0.481 e. The van der Waals surface area contributed by atoms with Crippen LogP contribution in [0.4, 0.5) is 0 Å². The average molecular weight is 281 g/mol. The second-order valence-electron chi connectivity index (χ2n) is 1.93. The third-order valence-electron chi connectivity index (χ3n) is 1.22. The van der Waals surface area contributed by atoms with Gasteiger partial charge in [0.25, 0.3) is 0 Å². The monoisotopic (exact) mass is 279 g/mol. The van der Waals surface area contributed by atoms with Gasteiger partial charge >= 0.3 is 0 Å². The van der Waals surface area contributed by atoms with Crippen molar-refractivity contribution in [2.24, 2.45) is 0 Å². The summed E-state index contributed by atoms with van der Waals surface area (Å²) in [5.74, 6) is 0.634. The minimum atomic E-state index is 0.161. The van der Waals surface area contributed by atoms with Gasteiger partial charge in [-0.25, -0.2) is 4.98 Å². The van der Waals surface area contributed by atoms with Gasteiger partial charge in [0.15, 0.2) is 0 Å². The summed E-state index contributed by atoms with van der Waals surface area (Å²) in [6, 6.07) is 3.77. The lowest BCUT2D eigenvalue weighted by atomic mass is 10.3. The molecule has 1 aromatic heterocycles. The number of ether oxygens (including phenoxy) is 1. The van der Waals surface area contributed by atoms with E-state index in [2.05, 4.69) is 36.8 Å². The summed E-state index contributed by atoms with van der Waals surface area (Å²) >= 11 is 6.73. The lowest BCUT2D eigenvalue weighted by Gasteiger charge is -2.01. The number of pyridine rings is 1. The Bertz CT molecular complexity index is 222. The largest absolute Gasteiger partial charge is 0.481 e. The van der Waals surface area contributed by atoms with Crippen LogP contribution in [0.5, 0.6) is 5.88 Å². The van der Waals surface area contributed by atoms with Crippen molar-refractivity contribution >= 4 is 31.9 Å². The number of rotatable bonds is 2. The van der Waals surface area contributed by atoms with Crippen molar-refractivity contribution in [3.63, 3.8) is 0 Å². The van der Waals surface area contributed by atoms with E-state index in [0.717, 1.165) is 5.56 Å². The lowest BCUT2D eigenvalue weighted by molar-refractivity contribution is 0.397. The summed E-state index contributed by atoms with van der Waals surface area (Å²) < 4.78 is 5.07. The average Bonchev–Trinajstić information content (AvgIpc) is 2.05. The van der Waals surface area contributed by atoms with Gasteiger partial charge in [0, 0.05) is 12.3 Å². The van der Waals surface area contributed by atoms with Gasteiger partial charge < -0.3 is 4.74 Å². The molecule has 0 saturated carbocycles. The molecule has 0 atom stereocenters. The first-order valence-corrected chi connectivity index (χ1v) is 4.85. The van der Waals surface area contributed by atoms with Crippen molar-refractivity contribution in [1.29, 1.82) is 0 Å². The standard InChI is InChI=1S/C7H7Br2NO/c1-11-6-3-2-5(4-10-6)7(8)9/h2-4,7H,1H3. The summed E-state index contributed by atoms with van der Waals surface area (Å²) in [6.07, 6.45) is 1.76. The molecule has 0 aliphatic carbocycles. The highest BCUT2D eigenvalue weighted by atomic mass is 79.9. The first-order valence-electron chi connectivity index (χ1n) is 3.02. The summed E-state index contributed by atoms with van der Waals surface area (Å²) in [5, 5.41) is 0. The smallest absolute Gasteiger partial charge is 0.212 e. The SMILES string of the molecule is COc1ccc(C(Br)Br)cn1. The molecule has 1 aromatic rings. The molecular formula is C7H7Br2NO. The molecule has 0 radical (unpaired) electrons. The molecule has 0 saturated heterocycles. The third-order valence-corrected chi connectivity index (χ3v) is 2.28. The van der Waals surface area contributed by atoms with Crippen LogP contribution in [0.15, 0.2) is 18.3 Å². The van der Waals surface area contributed by atoms with Crippen LogP contribution in [0, 0.1) is 0 Å². The predicted molar refractivity (Wildman–Crippen MR) is 51.4 cm³/mol. The van der Waals surface area contributed by atoms with Crippen LogP contribution in [0.2, 0.25) is 0 Å². The fourth-order valence-electron chi connectivity index (χ4n) is 0.642. The van der Waals surface area contributed by atoms with E-state index in [9.17, 15) is 0 Å². The maximum absolute atomic E-state index is 4.91. The van der Waals surface area contributed by atoms with Gasteiger partial charge in [-0.05, 0) is 5.56 Å². The second-order valence-corrected chi connectivity index (χ2v) is 4.99. The number of hydrogen-bond donors (Lipinski definition) is 0. The fourth-order valence-corrected chi connectivity index (χ4v) is 1.18. The number of methoxy groups -OCH3 is 1. The fraction of sp³-hybridized carbons (Fsp3) is 0.286. The van der Waals surface area contributed by atoms with Crippen molar-refractivity contribution in [3.05, 3.63) is 23.9 Å². The van der Waals surface area contributed by atoms with E-state index in [1.807, 2.05) is 12.1 Å². The molecule has 0 N–H and O–H groups in total. The van der Waals surface area contributed by atoms with Gasteiger partial charge in [0.2, 0.25) is 5.88 Å². The molecule has 2 nitrogen and oxygen atoms in total. The maximum atomic E-state index is 4.91. The van der Waals surface area contributed by atoms with Gasteiger partial charge in [-0.3, -0.25) is 0 Å². The van der Waals surface area contributed by atoms with Crippen LogP contribution >= 0.6 is 31.9 Å². The molecule has 60 valence electrons. The summed E-state index contributed by atoms with van der Waals surface area (Å²) in [5.41, 5.74) is 1.07. The highest BCUT2D eigenvalue weighted by molar-refractivity contribution is 9.24. The zero-order valence-corrected chi connectivity index (χ0v) is 9.09. The van der Waals surface area contributed by atoms with Gasteiger partial charge in [-0.1, -0.05) is 37.9 Å². The Balaban J connectivity index is 2.83. The molecule has 0 spiro atoms. The van der Waals surface area contributed by atoms with E-state index in [1.165, 1.54) is 0 Å². The Morgan fingerprint density at radius 2 is 2.18 bits per heavy atom. The molecule has 4 heteroatoms. The van der Waals surface area contributed by atoms with Crippen molar-refractivity contribution < 1.29 is 4.74 Å². The normalized spacial score (nSPS) is 10.2. The Morgan fingerprint density at radius 1 is 1.45 bits per heavy atom. The van der Waals surface area contributed by atoms with Crippen LogP contribution in [-0.2, 0) is 0 Å². The van der Waals surface area contributed by atoms with Crippen LogP contribution in [0.25, 0.3) is 0 Å². The molecular weight excluding hydrogens is 274 g/mol. The van der Waals surface area contributed by atoms with Crippen molar-refractivity contribution in [2.45, 2.75) is 3.74 Å². The number of halogens is 2. The molecule has 0 bridgehead atoms. The molecule has 0 aliphatic heterocycles. The highest BCUT2D eigenvalue weighted by Crippen LogP contribution is 2.28. The molecule has 0 fully saturated rings. The van der Waals surface area contributed by atoms with E-state index in [1.54, 1.807) is 13.3 Å². The van der Waals surface area contributed by atoms with Crippen molar-refractivity contribution in [3.8, 4) is 5.88 Å². The molecule has 0 aromatic carbocycles. The number of aromatic nitrogens is 1. The zero-order valence-electron chi connectivity index (χ0n) is 5.92. The van der Waals surface area contributed by atoms with Crippen LogP contribution in [-0.4, -0.2) is 12.1 Å². The van der Waals surface area contributed by atoms with Crippen molar-refractivity contribution in [2.75, 3.05) is 7.11 Å². The zero-order chi connectivity index (χ0) is 8.27. The number of alkyl halides is 2. The molecule has 1 rings (SSSR count). The maximum Gasteiger partial charge on any atom is 0.212 e. The summed E-state index contributed by atoms with van der Waals surface area (Å²) in [7, 11) is 1.60. The Hall–Kier alpha value is -0.0900.